The van der Waals surface area contributed by atoms with Crippen molar-refractivity contribution in [3.8, 4) is 0 Å². The molecule has 18 heavy (non-hydrogen) atoms. The zero-order chi connectivity index (χ0) is 12.4. The van der Waals surface area contributed by atoms with Crippen LogP contribution >= 0.6 is 11.8 Å². The van der Waals surface area contributed by atoms with Gasteiger partial charge in [-0.15, -0.1) is 11.8 Å². The third-order valence-corrected chi connectivity index (χ3v) is 5.35. The van der Waals surface area contributed by atoms with E-state index in [1.54, 1.807) is 0 Å². The largest absolute Gasteiger partial charge is 0.309 e. The van der Waals surface area contributed by atoms with E-state index in [2.05, 4.69) is 41.4 Å². The first-order chi connectivity index (χ1) is 8.86. The fraction of sp³-hybridized carbons (Fsp3) is 0.600. The monoisotopic (exact) mass is 262 g/mol. The van der Waals surface area contributed by atoms with Gasteiger partial charge in [-0.2, -0.15) is 0 Å². The maximum Gasteiger partial charge on any atom is 0.0426 e. The summed E-state index contributed by atoms with van der Waals surface area (Å²) in [6.07, 6.45) is 1.36. The van der Waals surface area contributed by atoms with E-state index in [1.165, 1.54) is 48.8 Å². The van der Waals surface area contributed by atoms with Crippen molar-refractivity contribution in [3.05, 3.63) is 29.8 Å². The lowest BCUT2D eigenvalue weighted by molar-refractivity contribution is 0.336. The van der Waals surface area contributed by atoms with Crippen LogP contribution in [0.25, 0.3) is 0 Å². The summed E-state index contributed by atoms with van der Waals surface area (Å²) in [4.78, 5) is 4.03. The second kappa shape index (κ2) is 5.64. The van der Waals surface area contributed by atoms with Gasteiger partial charge in [-0.3, -0.25) is 0 Å². The van der Waals surface area contributed by atoms with Crippen LogP contribution in [0.5, 0.6) is 0 Å². The minimum absolute atomic E-state index is 0.571. The predicted octanol–water partition coefficient (Wildman–Crippen LogP) is 2.76. The molecule has 2 aliphatic heterocycles. The fourth-order valence-electron chi connectivity index (χ4n) is 3.01. The minimum atomic E-state index is 0.571. The van der Waals surface area contributed by atoms with Gasteiger partial charge in [0.25, 0.3) is 0 Å². The van der Waals surface area contributed by atoms with Crippen LogP contribution < -0.4 is 5.32 Å². The lowest BCUT2D eigenvalue weighted by atomic mass is 10.1. The molecular weight excluding hydrogens is 240 g/mol. The Morgan fingerprint density at radius 1 is 1.39 bits per heavy atom. The molecule has 1 aromatic carbocycles. The van der Waals surface area contributed by atoms with Crippen molar-refractivity contribution < 1.29 is 0 Å². The molecule has 98 valence electrons. The van der Waals surface area contributed by atoms with Crippen LogP contribution in [0.3, 0.4) is 0 Å². The second-order valence-electron chi connectivity index (χ2n) is 5.36. The summed E-state index contributed by atoms with van der Waals surface area (Å²) in [6, 6.07) is 9.40. The number of thioether (sulfide) groups is 1. The topological polar surface area (TPSA) is 15.3 Å². The maximum atomic E-state index is 3.78. The van der Waals surface area contributed by atoms with Crippen molar-refractivity contribution in [2.24, 2.45) is 5.92 Å². The highest BCUT2D eigenvalue weighted by Crippen LogP contribution is 2.37. The van der Waals surface area contributed by atoms with E-state index in [0.29, 0.717) is 6.04 Å². The van der Waals surface area contributed by atoms with Gasteiger partial charge in [0.15, 0.2) is 0 Å². The van der Waals surface area contributed by atoms with Crippen LogP contribution in [0.4, 0.5) is 0 Å². The molecule has 3 rings (SSSR count). The van der Waals surface area contributed by atoms with Gasteiger partial charge < -0.3 is 10.2 Å². The van der Waals surface area contributed by atoms with E-state index < -0.39 is 0 Å². The van der Waals surface area contributed by atoms with Gasteiger partial charge in [-0.05, 0) is 43.6 Å². The van der Waals surface area contributed by atoms with Crippen LogP contribution in [0.1, 0.15) is 24.9 Å². The molecule has 1 N–H and O–H groups in total. The van der Waals surface area contributed by atoms with E-state index in [-0.39, 0.29) is 0 Å². The molecule has 0 aliphatic carbocycles. The molecule has 1 aromatic rings. The third-order valence-electron chi connectivity index (χ3n) is 4.17. The second-order valence-corrected chi connectivity index (χ2v) is 6.42. The zero-order valence-electron chi connectivity index (χ0n) is 11.1. The molecular formula is C15H22N2S. The van der Waals surface area contributed by atoms with Gasteiger partial charge in [-0.1, -0.05) is 25.1 Å². The smallest absolute Gasteiger partial charge is 0.0426 e. The summed E-state index contributed by atoms with van der Waals surface area (Å²) < 4.78 is 0. The summed E-state index contributed by atoms with van der Waals surface area (Å²) in [5.74, 6) is 2.05. The number of likely N-dealkylation sites (tertiary alicyclic amines) is 1. The molecule has 2 heterocycles. The number of rotatable bonds is 4. The Bertz CT molecular complexity index is 407. The maximum absolute atomic E-state index is 3.78. The third kappa shape index (κ3) is 2.58. The van der Waals surface area contributed by atoms with Crippen molar-refractivity contribution >= 4 is 11.8 Å². The van der Waals surface area contributed by atoms with E-state index in [4.69, 9.17) is 0 Å². The molecule has 2 atom stereocenters. The van der Waals surface area contributed by atoms with Crippen molar-refractivity contribution in [1.29, 1.82) is 0 Å². The summed E-state index contributed by atoms with van der Waals surface area (Å²) in [5.41, 5.74) is 1.51. The number of fused-ring (bicyclic) bond motifs is 1. The van der Waals surface area contributed by atoms with E-state index in [9.17, 15) is 0 Å². The number of benzene rings is 1. The predicted molar refractivity (Wildman–Crippen MR) is 78.1 cm³/mol. The zero-order valence-corrected chi connectivity index (χ0v) is 11.9. The summed E-state index contributed by atoms with van der Waals surface area (Å²) in [5, 5.41) is 3.78. The Balaban J connectivity index is 1.53. The van der Waals surface area contributed by atoms with Gasteiger partial charge >= 0.3 is 0 Å². The van der Waals surface area contributed by atoms with Crippen molar-refractivity contribution in [2.75, 3.05) is 31.9 Å². The molecule has 1 saturated heterocycles. The first kappa shape index (κ1) is 12.5. The molecule has 2 unspecified atom stereocenters. The number of hydrogen-bond donors (Lipinski definition) is 1. The van der Waals surface area contributed by atoms with Gasteiger partial charge in [0, 0.05) is 23.2 Å². The SMILES string of the molecule is CCN1CCC(CNC2CSc3ccccc32)C1. The lowest BCUT2D eigenvalue weighted by Crippen LogP contribution is -2.29. The average Bonchev–Trinajstić information content (AvgIpc) is 3.03. The van der Waals surface area contributed by atoms with Crippen molar-refractivity contribution in [2.45, 2.75) is 24.3 Å². The van der Waals surface area contributed by atoms with Crippen LogP contribution in [-0.2, 0) is 0 Å². The van der Waals surface area contributed by atoms with Gasteiger partial charge in [0.1, 0.15) is 0 Å². The lowest BCUT2D eigenvalue weighted by Gasteiger charge is -2.17. The molecule has 0 bridgehead atoms. The fourth-order valence-corrected chi connectivity index (χ4v) is 4.20. The Morgan fingerprint density at radius 2 is 2.28 bits per heavy atom. The Hall–Kier alpha value is -0.510. The van der Waals surface area contributed by atoms with Crippen LogP contribution in [0.2, 0.25) is 0 Å². The summed E-state index contributed by atoms with van der Waals surface area (Å²) >= 11 is 1.99. The molecule has 3 heteroatoms. The van der Waals surface area contributed by atoms with Crippen LogP contribution in [0, 0.1) is 5.92 Å². The molecule has 0 spiro atoms. The van der Waals surface area contributed by atoms with Crippen LogP contribution in [0.15, 0.2) is 29.2 Å². The highest BCUT2D eigenvalue weighted by Gasteiger charge is 2.25. The molecule has 0 amide bonds. The van der Waals surface area contributed by atoms with Crippen molar-refractivity contribution in [3.63, 3.8) is 0 Å². The molecule has 0 radical (unpaired) electrons. The van der Waals surface area contributed by atoms with Crippen molar-refractivity contribution in [1.82, 2.24) is 10.2 Å². The first-order valence-electron chi connectivity index (χ1n) is 7.04. The quantitative estimate of drug-likeness (QED) is 0.898. The first-order valence-corrected chi connectivity index (χ1v) is 8.03. The minimum Gasteiger partial charge on any atom is -0.309 e. The summed E-state index contributed by atoms with van der Waals surface area (Å²) in [6.45, 7) is 7.22. The number of nitrogens with zero attached hydrogens (tertiary/aromatic N) is 1. The highest BCUT2D eigenvalue weighted by atomic mass is 32.2. The Kier molecular flexibility index (Phi) is 3.92. The van der Waals surface area contributed by atoms with Gasteiger partial charge in [0.2, 0.25) is 0 Å². The van der Waals surface area contributed by atoms with E-state index in [0.717, 1.165) is 5.92 Å². The normalized spacial score (nSPS) is 27.6. The van der Waals surface area contributed by atoms with E-state index >= 15 is 0 Å². The molecule has 2 aliphatic rings. The number of nitrogens with one attached hydrogen (secondary N) is 1. The van der Waals surface area contributed by atoms with Gasteiger partial charge in [-0.25, -0.2) is 0 Å². The Labute approximate surface area is 114 Å². The Morgan fingerprint density at radius 3 is 3.11 bits per heavy atom. The van der Waals surface area contributed by atoms with Crippen LogP contribution in [-0.4, -0.2) is 36.8 Å². The summed E-state index contributed by atoms with van der Waals surface area (Å²) in [7, 11) is 0. The standard InChI is InChI=1S/C15H22N2S/c1-2-17-8-7-12(10-17)9-16-14-11-18-15-6-4-3-5-13(14)15/h3-6,12,14,16H,2,7-11H2,1H3. The highest BCUT2D eigenvalue weighted by molar-refractivity contribution is 7.99. The van der Waals surface area contributed by atoms with E-state index in [1.807, 2.05) is 11.8 Å². The molecule has 2 nitrogen and oxygen atoms in total. The van der Waals surface area contributed by atoms with Gasteiger partial charge in [0.05, 0.1) is 0 Å². The number of hydrogen-bond acceptors (Lipinski definition) is 3. The molecule has 0 aromatic heterocycles. The molecule has 1 fully saturated rings. The average molecular weight is 262 g/mol. The molecule has 0 saturated carbocycles.